The Hall–Kier alpha value is -0.680. The Kier molecular flexibility index (Phi) is 13.7. The predicted molar refractivity (Wildman–Crippen MR) is 241 cm³/mol. The fourth-order valence-corrected chi connectivity index (χ4v) is 17.3. The quantitative estimate of drug-likeness (QED) is 0.166. The zero-order valence-electron chi connectivity index (χ0n) is 39.3. The van der Waals surface area contributed by atoms with Crippen LogP contribution in [0.4, 0.5) is 0 Å². The van der Waals surface area contributed by atoms with Crippen molar-refractivity contribution >= 4 is 0 Å². The lowest BCUT2D eigenvalue weighted by atomic mass is 9.46. The molecule has 58 heavy (non-hydrogen) atoms. The summed E-state index contributed by atoms with van der Waals surface area (Å²) in [6, 6.07) is 0. The van der Waals surface area contributed by atoms with Crippen LogP contribution in [0, 0.1) is 92.7 Å². The van der Waals surface area contributed by atoms with Crippen LogP contribution in [0.2, 0.25) is 0 Å². The fourth-order valence-electron chi connectivity index (χ4n) is 17.3. The Morgan fingerprint density at radius 2 is 0.862 bits per heavy atom. The highest BCUT2D eigenvalue weighted by Crippen LogP contribution is 2.69. The second-order valence-electron chi connectivity index (χ2n) is 24.6. The Bertz CT molecular complexity index is 1360. The summed E-state index contributed by atoms with van der Waals surface area (Å²) in [6.45, 7) is 24.5. The minimum absolute atomic E-state index is 0.200. The number of hydrogen-bond acceptors (Lipinski definition) is 4. The summed E-state index contributed by atoms with van der Waals surface area (Å²) >= 11 is 0. The van der Waals surface area contributed by atoms with Crippen LogP contribution in [-0.4, -0.2) is 44.8 Å². The molecule has 6 fully saturated rings. The van der Waals surface area contributed by atoms with Crippen molar-refractivity contribution in [2.45, 2.75) is 222 Å². The van der Waals surface area contributed by atoms with Crippen LogP contribution in [0.1, 0.15) is 198 Å². The molecule has 4 N–H and O–H groups in total. The van der Waals surface area contributed by atoms with E-state index in [1.807, 2.05) is 0 Å². The van der Waals surface area contributed by atoms with Crippen molar-refractivity contribution in [3.63, 3.8) is 0 Å². The highest BCUT2D eigenvalue weighted by atomic mass is 16.3. The van der Waals surface area contributed by atoms with E-state index in [1.165, 1.54) is 101 Å². The Labute approximate surface area is 357 Å². The molecule has 6 saturated carbocycles. The third-order valence-electron chi connectivity index (χ3n) is 20.6. The molecule has 0 saturated heterocycles. The smallest absolute Gasteiger partial charge is 0.0757 e. The van der Waals surface area contributed by atoms with Gasteiger partial charge in [0, 0.05) is 0 Å². The molecule has 4 heteroatoms. The number of aliphatic hydroxyl groups excluding tert-OH is 4. The molecule has 0 aromatic carbocycles. The van der Waals surface area contributed by atoms with E-state index in [0.29, 0.717) is 46.3 Å². The van der Waals surface area contributed by atoms with Crippen LogP contribution < -0.4 is 0 Å². The molecule has 0 bridgehead atoms. The van der Waals surface area contributed by atoms with Crippen LogP contribution in [0.25, 0.3) is 0 Å². The van der Waals surface area contributed by atoms with Gasteiger partial charge in [-0.05, 0) is 183 Å². The molecular formula is C54H92O4. The van der Waals surface area contributed by atoms with Gasteiger partial charge in [-0.25, -0.2) is 0 Å². The molecule has 0 heterocycles. The highest BCUT2D eigenvalue weighted by Gasteiger charge is 2.63. The highest BCUT2D eigenvalue weighted by molar-refractivity contribution is 5.29. The lowest BCUT2D eigenvalue weighted by molar-refractivity contribution is -0.0971. The van der Waals surface area contributed by atoms with Crippen molar-refractivity contribution in [2.75, 3.05) is 0 Å². The molecule has 332 valence electrons. The van der Waals surface area contributed by atoms with Gasteiger partial charge in [-0.2, -0.15) is 0 Å². The number of aliphatic hydroxyl groups is 4. The second-order valence-corrected chi connectivity index (χ2v) is 24.6. The molecule has 8 rings (SSSR count). The van der Waals surface area contributed by atoms with E-state index in [0.717, 1.165) is 74.0 Å². The summed E-state index contributed by atoms with van der Waals surface area (Å²) in [6.07, 6.45) is 27.8. The van der Waals surface area contributed by atoms with E-state index in [1.54, 1.807) is 0 Å². The van der Waals surface area contributed by atoms with E-state index in [2.05, 4.69) is 81.4 Å². The van der Waals surface area contributed by atoms with Gasteiger partial charge in [0.2, 0.25) is 0 Å². The topological polar surface area (TPSA) is 80.9 Å². The number of hydrogen-bond donors (Lipinski definition) is 4. The first-order chi connectivity index (χ1) is 27.3. The molecule has 0 amide bonds. The third kappa shape index (κ3) is 8.17. The van der Waals surface area contributed by atoms with Gasteiger partial charge in [0.15, 0.2) is 0 Å². The Morgan fingerprint density at radius 1 is 0.483 bits per heavy atom. The van der Waals surface area contributed by atoms with Crippen molar-refractivity contribution in [3.8, 4) is 0 Å². The molecular weight excluding hydrogens is 713 g/mol. The maximum atomic E-state index is 11.3. The Morgan fingerprint density at radius 3 is 1.22 bits per heavy atom. The summed E-state index contributed by atoms with van der Waals surface area (Å²) in [4.78, 5) is 0. The van der Waals surface area contributed by atoms with Crippen molar-refractivity contribution in [3.05, 3.63) is 23.3 Å². The summed E-state index contributed by atoms with van der Waals surface area (Å²) in [5.74, 6) is 8.37. The predicted octanol–water partition coefficient (Wildman–Crippen LogP) is 12.7. The van der Waals surface area contributed by atoms with Crippen LogP contribution in [-0.2, 0) is 0 Å². The number of rotatable bonds is 10. The molecule has 0 radical (unpaired) electrons. The second kappa shape index (κ2) is 17.5. The Balaban J connectivity index is 0.000000177. The third-order valence-corrected chi connectivity index (χ3v) is 20.6. The normalized spacial score (nSPS) is 47.9. The molecule has 8 aliphatic carbocycles. The minimum atomic E-state index is -0.298. The minimum Gasteiger partial charge on any atom is -0.393 e. The zero-order chi connectivity index (χ0) is 41.9. The van der Waals surface area contributed by atoms with Crippen molar-refractivity contribution in [1.29, 1.82) is 0 Å². The molecule has 0 spiro atoms. The van der Waals surface area contributed by atoms with E-state index >= 15 is 0 Å². The summed E-state index contributed by atoms with van der Waals surface area (Å²) in [7, 11) is 0. The largest absolute Gasteiger partial charge is 0.393 e. The molecule has 18 atom stereocenters. The molecule has 4 nitrogen and oxygen atoms in total. The van der Waals surface area contributed by atoms with Crippen LogP contribution in [0.3, 0.4) is 0 Å². The molecule has 8 aliphatic rings. The fraction of sp³-hybridized carbons (Fsp3) is 0.926. The molecule has 0 aromatic rings. The lowest BCUT2D eigenvalue weighted by Crippen LogP contribution is -2.54. The maximum Gasteiger partial charge on any atom is 0.0757 e. The van der Waals surface area contributed by atoms with E-state index in [-0.39, 0.29) is 35.2 Å². The average Bonchev–Trinajstić information content (AvgIpc) is 3.70. The van der Waals surface area contributed by atoms with E-state index in [9.17, 15) is 20.4 Å². The first kappa shape index (κ1) is 45.3. The summed E-state index contributed by atoms with van der Waals surface area (Å²) in [5, 5.41) is 43.0. The van der Waals surface area contributed by atoms with Gasteiger partial charge >= 0.3 is 0 Å². The summed E-state index contributed by atoms with van der Waals surface area (Å²) in [5.41, 5.74) is 3.98. The first-order valence-corrected chi connectivity index (χ1v) is 25.5. The van der Waals surface area contributed by atoms with Gasteiger partial charge in [0.25, 0.3) is 0 Å². The van der Waals surface area contributed by atoms with Gasteiger partial charge in [0.1, 0.15) is 0 Å². The van der Waals surface area contributed by atoms with Crippen LogP contribution >= 0.6 is 0 Å². The van der Waals surface area contributed by atoms with E-state index in [4.69, 9.17) is 0 Å². The maximum absolute atomic E-state index is 11.3. The first-order valence-electron chi connectivity index (χ1n) is 25.5. The van der Waals surface area contributed by atoms with Crippen molar-refractivity contribution < 1.29 is 20.4 Å². The van der Waals surface area contributed by atoms with Crippen molar-refractivity contribution in [1.82, 2.24) is 0 Å². The van der Waals surface area contributed by atoms with Gasteiger partial charge < -0.3 is 20.4 Å². The van der Waals surface area contributed by atoms with Gasteiger partial charge in [-0.1, -0.05) is 131 Å². The van der Waals surface area contributed by atoms with Crippen LogP contribution in [0.15, 0.2) is 23.3 Å². The molecule has 0 aliphatic heterocycles. The standard InChI is InChI=1S/2C27H46O2/c2*1-17(2)7-6-8-18(3)21-9-10-22-25-23(12-14-27(21,22)5)26(4)13-11-20(28)15-19(26)16-24(25)29/h2*16-18,20-25,28-29H,6-15H2,1-5H3/t2*18-,20+,21-,22+,23+,24-,25+,26+,27-/m11/s1. The van der Waals surface area contributed by atoms with Crippen molar-refractivity contribution in [2.24, 2.45) is 92.7 Å². The SMILES string of the molecule is CC(C)CCC[C@@H](C)[C@H]1CC[C@H]2[C@@H]3[C@H](O)C=C4C[C@@H](O)CC[C@]4(C)[C@H]3CC[C@]12C.CC(C)CCC[C@@H](C)[C@H]1CC[C@H]2[C@@H]3[C@H](O)C=C4C[C@@H](O)CC[C@]4(C)[C@H]3CC[C@]12C. The van der Waals surface area contributed by atoms with Gasteiger partial charge in [-0.15, -0.1) is 0 Å². The molecule has 0 aromatic heterocycles. The molecule has 0 unspecified atom stereocenters. The average molecular weight is 805 g/mol. The van der Waals surface area contributed by atoms with E-state index < -0.39 is 0 Å². The monoisotopic (exact) mass is 805 g/mol. The zero-order valence-corrected chi connectivity index (χ0v) is 39.3. The summed E-state index contributed by atoms with van der Waals surface area (Å²) < 4.78 is 0. The number of fused-ring (bicyclic) bond motifs is 10. The van der Waals surface area contributed by atoms with Gasteiger partial charge in [0.05, 0.1) is 24.4 Å². The van der Waals surface area contributed by atoms with Gasteiger partial charge in [-0.3, -0.25) is 0 Å². The lowest BCUT2D eigenvalue weighted by Gasteiger charge is -2.59. The van der Waals surface area contributed by atoms with Crippen LogP contribution in [0.5, 0.6) is 0 Å².